The summed E-state index contributed by atoms with van der Waals surface area (Å²) in [6, 6.07) is 45.7. The van der Waals surface area contributed by atoms with E-state index in [4.69, 9.17) is 4.74 Å². The molecule has 0 amide bonds. The quantitative estimate of drug-likeness (QED) is 0.0515. The third-order valence-corrected chi connectivity index (χ3v) is 12.8. The molecule has 1 aliphatic heterocycles. The molecular weight excluding hydrogens is 855 g/mol. The van der Waals surface area contributed by atoms with Gasteiger partial charge in [0.1, 0.15) is 29.5 Å². The van der Waals surface area contributed by atoms with Crippen LogP contribution in [0.4, 0.5) is 5.69 Å². The van der Waals surface area contributed by atoms with Gasteiger partial charge in [0.05, 0.1) is 23.7 Å². The van der Waals surface area contributed by atoms with Gasteiger partial charge in [0.25, 0.3) is 0 Å². The van der Waals surface area contributed by atoms with Crippen LogP contribution in [0.2, 0.25) is 0 Å². The van der Waals surface area contributed by atoms with Crippen molar-refractivity contribution in [3.63, 3.8) is 0 Å². The van der Waals surface area contributed by atoms with Gasteiger partial charge >= 0.3 is 5.97 Å². The highest BCUT2D eigenvalue weighted by molar-refractivity contribution is 6.25. The molecule has 2 aromatic heterocycles. The summed E-state index contributed by atoms with van der Waals surface area (Å²) in [6.45, 7) is 1.97. The Morgan fingerprint density at radius 3 is 1.62 bits per heavy atom. The van der Waals surface area contributed by atoms with Crippen LogP contribution < -0.4 is 5.32 Å². The minimum atomic E-state index is -0.510. The fourth-order valence-electron chi connectivity index (χ4n) is 9.58. The van der Waals surface area contributed by atoms with E-state index in [0.717, 1.165) is 77.7 Å². The molecule has 0 saturated carbocycles. The van der Waals surface area contributed by atoms with Crippen LogP contribution in [0.15, 0.2) is 157 Å². The van der Waals surface area contributed by atoms with Gasteiger partial charge in [-0.2, -0.15) is 0 Å². The average Bonchev–Trinajstić information content (AvgIpc) is 4.20. The third-order valence-electron chi connectivity index (χ3n) is 12.8. The summed E-state index contributed by atoms with van der Waals surface area (Å²) in [4.78, 5) is 55.6. The molecule has 0 unspecified atom stereocenters. The Morgan fingerprint density at radius 2 is 1.03 bits per heavy atom. The Kier molecular flexibility index (Phi) is 11.4. The van der Waals surface area contributed by atoms with Crippen molar-refractivity contribution >= 4 is 73.5 Å². The average molecular weight is 900 g/mol. The number of fused-ring (bicyclic) bond motifs is 6. The Balaban J connectivity index is 0.000000121. The summed E-state index contributed by atoms with van der Waals surface area (Å²) >= 11 is 0. The maximum Gasteiger partial charge on any atom is 0.313 e. The van der Waals surface area contributed by atoms with E-state index in [1.165, 1.54) is 0 Å². The van der Waals surface area contributed by atoms with Gasteiger partial charge in [0, 0.05) is 92.1 Å². The predicted octanol–water partition coefficient (Wildman–Crippen LogP) is 11.1. The number of hydrogen-bond acceptors (Lipinski definition) is 9. The largest absolute Gasteiger partial charge is 0.507 e. The molecule has 11 heteroatoms. The van der Waals surface area contributed by atoms with Crippen LogP contribution >= 0.6 is 0 Å². The van der Waals surface area contributed by atoms with Gasteiger partial charge in [-0.05, 0) is 59.5 Å². The Bertz CT molecular complexity index is 3420. The molecule has 11 nitrogen and oxygen atoms in total. The van der Waals surface area contributed by atoms with E-state index >= 15 is 0 Å². The highest BCUT2D eigenvalue weighted by Gasteiger charge is 2.34. The summed E-state index contributed by atoms with van der Waals surface area (Å²) in [6.07, 6.45) is 1.59. The molecule has 3 heterocycles. The zero-order valence-electron chi connectivity index (χ0n) is 37.0. The van der Waals surface area contributed by atoms with Crippen LogP contribution in [-0.2, 0) is 40.0 Å². The number of para-hydroxylation sites is 3. The number of ether oxygens (including phenoxy) is 1. The second kappa shape index (κ2) is 17.9. The molecule has 0 fully saturated rings. The van der Waals surface area contributed by atoms with Crippen molar-refractivity contribution in [1.29, 1.82) is 0 Å². The van der Waals surface area contributed by atoms with Gasteiger partial charge < -0.3 is 35.3 Å². The number of hydrogen-bond donors (Lipinski definition) is 6. The van der Waals surface area contributed by atoms with Gasteiger partial charge in [-0.25, -0.2) is 0 Å². The normalized spacial score (nSPS) is 15.3. The van der Waals surface area contributed by atoms with E-state index in [1.54, 1.807) is 13.0 Å². The number of aliphatic hydroxyl groups is 2. The van der Waals surface area contributed by atoms with E-state index in [2.05, 4.69) is 15.3 Å². The molecule has 6 aromatic carbocycles. The lowest BCUT2D eigenvalue weighted by molar-refractivity contribution is -0.145. The molecule has 3 aliphatic carbocycles. The first kappa shape index (κ1) is 43.2. The summed E-state index contributed by atoms with van der Waals surface area (Å²) in [7, 11) is 0. The first-order valence-corrected chi connectivity index (χ1v) is 22.4. The van der Waals surface area contributed by atoms with Gasteiger partial charge in [0.15, 0.2) is 5.78 Å². The number of ketones is 3. The first-order chi connectivity index (χ1) is 33.1. The van der Waals surface area contributed by atoms with Crippen LogP contribution in [-0.4, -0.2) is 55.2 Å². The van der Waals surface area contributed by atoms with Crippen molar-refractivity contribution in [3.05, 3.63) is 213 Å². The lowest BCUT2D eigenvalue weighted by Gasteiger charge is -2.07. The van der Waals surface area contributed by atoms with E-state index in [-0.39, 0.29) is 54.1 Å². The molecule has 0 atom stereocenters. The van der Waals surface area contributed by atoms with Crippen LogP contribution in [0.5, 0.6) is 5.75 Å². The van der Waals surface area contributed by atoms with E-state index in [9.17, 15) is 34.5 Å². The van der Waals surface area contributed by atoms with Crippen LogP contribution in [0.3, 0.4) is 0 Å². The maximum absolute atomic E-state index is 12.5. The number of carbonyl (C=O) groups is 4. The molecule has 0 saturated heterocycles. The molecule has 12 rings (SSSR count). The molecule has 0 bridgehead atoms. The smallest absolute Gasteiger partial charge is 0.313 e. The number of nitrogens with one attached hydrogen (secondary N) is 3. The number of esters is 1. The monoisotopic (exact) mass is 899 g/mol. The minimum absolute atomic E-state index is 0.0377. The van der Waals surface area contributed by atoms with Crippen molar-refractivity contribution < 1.29 is 39.2 Å². The number of anilines is 1. The number of aromatic nitrogens is 2. The fraction of sp³-hybridized carbons (Fsp3) is 0.123. The summed E-state index contributed by atoms with van der Waals surface area (Å²) in [5.41, 5.74) is 13.4. The number of aliphatic hydroxyl groups excluding tert-OH is 2. The SMILES string of the molecule is CCOC(=O)CC(=O)Cc1c(C2=C(O)c3ccccc3C2)[nH]c2ccccc12.O=C1/C(=C2\Nc3ccccc3C2=O)Cc2ccccc21.OC1=C(c2[nH]c3ccccc3c2O)Cc2ccccc21. The lowest BCUT2D eigenvalue weighted by atomic mass is 9.98. The minimum Gasteiger partial charge on any atom is -0.507 e. The summed E-state index contributed by atoms with van der Waals surface area (Å²) in [5.74, 6) is -0.149. The molecule has 68 heavy (non-hydrogen) atoms. The molecule has 6 N–H and O–H groups in total. The number of aromatic amines is 2. The third kappa shape index (κ3) is 7.83. The van der Waals surface area contributed by atoms with E-state index in [0.29, 0.717) is 47.4 Å². The number of benzene rings is 6. The van der Waals surface area contributed by atoms with Crippen molar-refractivity contribution in [2.75, 3.05) is 11.9 Å². The molecule has 4 aliphatic rings. The zero-order valence-corrected chi connectivity index (χ0v) is 37.0. The standard InChI is InChI=1S/C23H21NO4.C17H13NO2.C17H11NO2/c1-2-28-21(26)13-15(25)12-18-17-9-5-6-10-20(17)24-22(18)19-11-14-7-3-4-8-16(14)23(19)27;2*19-16-11-6-2-1-5-10(11)9-13(16)15-17(20)12-7-3-4-8-14(12)18-15/h3-10,24,27H,2,11-13H2,1H3;1-8,18-20H,9H2;1-8,18H,9H2/b;;15-13-. The zero-order chi connectivity index (χ0) is 47.1. The van der Waals surface area contributed by atoms with Gasteiger partial charge in [-0.1, -0.05) is 115 Å². The molecular formula is C57H45N3O8. The van der Waals surface area contributed by atoms with Crippen LogP contribution in [0, 0.1) is 0 Å². The van der Waals surface area contributed by atoms with Crippen LogP contribution in [0.25, 0.3) is 44.5 Å². The number of allylic oxidation sites excluding steroid dienone is 4. The van der Waals surface area contributed by atoms with Crippen molar-refractivity contribution in [2.45, 2.75) is 39.0 Å². The van der Waals surface area contributed by atoms with E-state index in [1.807, 2.05) is 140 Å². The second-order valence-corrected chi connectivity index (χ2v) is 17.0. The van der Waals surface area contributed by atoms with Crippen molar-refractivity contribution in [2.24, 2.45) is 0 Å². The number of aromatic hydroxyl groups is 1. The van der Waals surface area contributed by atoms with Crippen molar-refractivity contribution in [3.8, 4) is 5.75 Å². The Hall–Kier alpha value is -8.70. The highest BCUT2D eigenvalue weighted by atomic mass is 16.5. The van der Waals surface area contributed by atoms with Crippen LogP contribution in [0.1, 0.15) is 78.8 Å². The molecule has 0 radical (unpaired) electrons. The maximum atomic E-state index is 12.5. The Labute approximate surface area is 390 Å². The van der Waals surface area contributed by atoms with Gasteiger partial charge in [-0.15, -0.1) is 0 Å². The van der Waals surface area contributed by atoms with Gasteiger partial charge in [-0.3, -0.25) is 19.2 Å². The molecule has 336 valence electrons. The highest BCUT2D eigenvalue weighted by Crippen LogP contribution is 2.43. The predicted molar refractivity (Wildman–Crippen MR) is 263 cm³/mol. The summed E-state index contributed by atoms with van der Waals surface area (Å²) in [5, 5.41) is 36.4. The fourth-order valence-corrected chi connectivity index (χ4v) is 9.58. The first-order valence-electron chi connectivity index (χ1n) is 22.4. The lowest BCUT2D eigenvalue weighted by Crippen LogP contribution is -2.13. The summed E-state index contributed by atoms with van der Waals surface area (Å²) < 4.78 is 4.89. The van der Waals surface area contributed by atoms with Crippen molar-refractivity contribution in [1.82, 2.24) is 9.97 Å². The number of H-pyrrole nitrogens is 2. The topological polar surface area (TPSA) is 182 Å². The molecule has 8 aromatic rings. The number of Topliss-reactive ketones (excluding diaryl/α,β-unsaturated/α-hetero) is 3. The van der Waals surface area contributed by atoms with E-state index < -0.39 is 5.97 Å². The molecule has 0 spiro atoms. The Morgan fingerprint density at radius 1 is 0.544 bits per heavy atom. The second-order valence-electron chi connectivity index (χ2n) is 17.0. The number of rotatable bonds is 7. The van der Waals surface area contributed by atoms with Gasteiger partial charge in [0.2, 0.25) is 5.78 Å². The number of carbonyl (C=O) groups excluding carboxylic acids is 4.